The van der Waals surface area contributed by atoms with Crippen molar-refractivity contribution in [1.82, 2.24) is 0 Å². The van der Waals surface area contributed by atoms with Crippen molar-refractivity contribution in [1.29, 1.82) is 0 Å². The van der Waals surface area contributed by atoms with Crippen molar-refractivity contribution in [3.8, 4) is 0 Å². The largest absolute Gasteiger partial charge is 0.325 e. The Morgan fingerprint density at radius 1 is 1.00 bits per heavy atom. The summed E-state index contributed by atoms with van der Waals surface area (Å²) in [5.41, 5.74) is 3.26. The van der Waals surface area contributed by atoms with Crippen LogP contribution < -0.4 is 5.32 Å². The SMILES string of the molecule is CC(=O)Nc1cc(C)ccc1Sc1ccc(C)cc1. The summed E-state index contributed by atoms with van der Waals surface area (Å²) in [7, 11) is 0. The number of carbonyl (C=O) groups excluding carboxylic acids is 1. The molecule has 1 N–H and O–H groups in total. The molecule has 2 aromatic rings. The molecule has 2 nitrogen and oxygen atoms in total. The van der Waals surface area contributed by atoms with Gasteiger partial charge in [-0.3, -0.25) is 4.79 Å². The van der Waals surface area contributed by atoms with E-state index in [9.17, 15) is 4.79 Å². The monoisotopic (exact) mass is 271 g/mol. The Labute approximate surface area is 118 Å². The van der Waals surface area contributed by atoms with Crippen molar-refractivity contribution in [3.63, 3.8) is 0 Å². The molecular weight excluding hydrogens is 254 g/mol. The van der Waals surface area contributed by atoms with Gasteiger partial charge in [-0.15, -0.1) is 0 Å². The summed E-state index contributed by atoms with van der Waals surface area (Å²) in [5.74, 6) is -0.0450. The smallest absolute Gasteiger partial charge is 0.221 e. The van der Waals surface area contributed by atoms with Crippen LogP contribution in [0.4, 0.5) is 5.69 Å². The minimum atomic E-state index is -0.0450. The van der Waals surface area contributed by atoms with Crippen LogP contribution in [0.3, 0.4) is 0 Å². The zero-order valence-corrected chi connectivity index (χ0v) is 12.2. The average Bonchev–Trinajstić information content (AvgIpc) is 2.34. The van der Waals surface area contributed by atoms with Crippen LogP contribution in [-0.2, 0) is 4.79 Å². The van der Waals surface area contributed by atoms with E-state index in [1.54, 1.807) is 11.8 Å². The molecule has 0 unspecified atom stereocenters. The number of anilines is 1. The number of aryl methyl sites for hydroxylation is 2. The minimum Gasteiger partial charge on any atom is -0.325 e. The van der Waals surface area contributed by atoms with Crippen LogP contribution in [0.5, 0.6) is 0 Å². The van der Waals surface area contributed by atoms with Gasteiger partial charge < -0.3 is 5.32 Å². The van der Waals surface area contributed by atoms with E-state index in [-0.39, 0.29) is 5.91 Å². The molecule has 0 saturated heterocycles. The molecule has 3 heteroatoms. The predicted molar refractivity (Wildman–Crippen MR) is 80.8 cm³/mol. The van der Waals surface area contributed by atoms with E-state index in [1.165, 1.54) is 17.4 Å². The molecule has 0 fully saturated rings. The molecule has 0 aliphatic heterocycles. The lowest BCUT2D eigenvalue weighted by molar-refractivity contribution is -0.114. The van der Waals surface area contributed by atoms with Gasteiger partial charge in [0.05, 0.1) is 5.69 Å². The normalized spacial score (nSPS) is 10.3. The van der Waals surface area contributed by atoms with Crippen molar-refractivity contribution in [2.75, 3.05) is 5.32 Å². The molecule has 19 heavy (non-hydrogen) atoms. The van der Waals surface area contributed by atoms with Crippen molar-refractivity contribution in [2.24, 2.45) is 0 Å². The number of hydrogen-bond donors (Lipinski definition) is 1. The molecule has 2 aromatic carbocycles. The molecule has 0 aliphatic rings. The molecule has 0 saturated carbocycles. The first-order valence-corrected chi connectivity index (χ1v) is 6.99. The van der Waals surface area contributed by atoms with Gasteiger partial charge >= 0.3 is 0 Å². The lowest BCUT2D eigenvalue weighted by atomic mass is 10.2. The maximum atomic E-state index is 11.3. The third kappa shape index (κ3) is 3.86. The van der Waals surface area contributed by atoms with E-state index in [4.69, 9.17) is 0 Å². The van der Waals surface area contributed by atoms with Crippen molar-refractivity contribution >= 4 is 23.4 Å². The molecule has 0 aliphatic carbocycles. The van der Waals surface area contributed by atoms with Crippen LogP contribution in [0.25, 0.3) is 0 Å². The number of rotatable bonds is 3. The second-order valence-corrected chi connectivity index (χ2v) is 5.71. The third-order valence-corrected chi connectivity index (χ3v) is 3.78. The lowest BCUT2D eigenvalue weighted by Crippen LogP contribution is -2.06. The van der Waals surface area contributed by atoms with Crippen LogP contribution in [0.2, 0.25) is 0 Å². The Morgan fingerprint density at radius 3 is 2.26 bits per heavy atom. The maximum absolute atomic E-state index is 11.3. The van der Waals surface area contributed by atoms with Gasteiger partial charge in [0.15, 0.2) is 0 Å². The quantitative estimate of drug-likeness (QED) is 0.895. The molecule has 0 bridgehead atoms. The third-order valence-electron chi connectivity index (χ3n) is 2.69. The second-order valence-electron chi connectivity index (χ2n) is 4.60. The average molecular weight is 271 g/mol. The Hall–Kier alpha value is -1.74. The highest BCUT2D eigenvalue weighted by Crippen LogP contribution is 2.34. The summed E-state index contributed by atoms with van der Waals surface area (Å²) < 4.78 is 0. The number of carbonyl (C=O) groups is 1. The van der Waals surface area contributed by atoms with Gasteiger partial charge in [0.2, 0.25) is 5.91 Å². The Bertz CT molecular complexity index is 590. The van der Waals surface area contributed by atoms with Crippen molar-refractivity contribution in [3.05, 3.63) is 53.6 Å². The number of hydrogen-bond acceptors (Lipinski definition) is 2. The fourth-order valence-electron chi connectivity index (χ4n) is 1.75. The minimum absolute atomic E-state index is 0.0450. The van der Waals surface area contributed by atoms with Gasteiger partial charge in [0, 0.05) is 16.7 Å². The van der Waals surface area contributed by atoms with Crippen LogP contribution >= 0.6 is 11.8 Å². The maximum Gasteiger partial charge on any atom is 0.221 e. The molecule has 1 amide bonds. The summed E-state index contributed by atoms with van der Waals surface area (Å²) in [4.78, 5) is 13.5. The van der Waals surface area contributed by atoms with Crippen LogP contribution in [0.1, 0.15) is 18.1 Å². The van der Waals surface area contributed by atoms with E-state index in [2.05, 4.69) is 42.6 Å². The van der Waals surface area contributed by atoms with E-state index >= 15 is 0 Å². The highest BCUT2D eigenvalue weighted by Gasteiger charge is 2.06. The summed E-state index contributed by atoms with van der Waals surface area (Å²) >= 11 is 1.66. The Kier molecular flexibility index (Phi) is 4.27. The first kappa shape index (κ1) is 13.7. The van der Waals surface area contributed by atoms with Gasteiger partial charge in [-0.1, -0.05) is 35.5 Å². The first-order chi connectivity index (χ1) is 9.04. The Balaban J connectivity index is 2.28. The van der Waals surface area contributed by atoms with Crippen LogP contribution in [-0.4, -0.2) is 5.91 Å². The highest BCUT2D eigenvalue weighted by molar-refractivity contribution is 7.99. The van der Waals surface area contributed by atoms with E-state index < -0.39 is 0 Å². The molecule has 0 heterocycles. The van der Waals surface area contributed by atoms with E-state index in [0.29, 0.717) is 0 Å². The van der Waals surface area contributed by atoms with Crippen molar-refractivity contribution < 1.29 is 4.79 Å². The highest BCUT2D eigenvalue weighted by atomic mass is 32.2. The van der Waals surface area contributed by atoms with Gasteiger partial charge in [-0.05, 0) is 43.7 Å². The number of benzene rings is 2. The molecule has 98 valence electrons. The van der Waals surface area contributed by atoms with Crippen molar-refractivity contribution in [2.45, 2.75) is 30.6 Å². The van der Waals surface area contributed by atoms with E-state index in [1.807, 2.05) is 19.1 Å². The molecule has 0 aromatic heterocycles. The van der Waals surface area contributed by atoms with Gasteiger partial charge in [-0.2, -0.15) is 0 Å². The zero-order chi connectivity index (χ0) is 13.8. The summed E-state index contributed by atoms with van der Waals surface area (Å²) in [5, 5.41) is 2.89. The molecule has 2 rings (SSSR count). The van der Waals surface area contributed by atoms with Crippen LogP contribution in [0, 0.1) is 13.8 Å². The molecular formula is C16H17NOS. The fraction of sp³-hybridized carbons (Fsp3) is 0.188. The Morgan fingerprint density at radius 2 is 1.63 bits per heavy atom. The zero-order valence-electron chi connectivity index (χ0n) is 11.4. The summed E-state index contributed by atoms with van der Waals surface area (Å²) in [6.45, 7) is 5.62. The van der Waals surface area contributed by atoms with Gasteiger partial charge in [0.25, 0.3) is 0 Å². The summed E-state index contributed by atoms with van der Waals surface area (Å²) in [6, 6.07) is 14.5. The lowest BCUT2D eigenvalue weighted by Gasteiger charge is -2.10. The van der Waals surface area contributed by atoms with Crippen LogP contribution in [0.15, 0.2) is 52.3 Å². The second kappa shape index (κ2) is 5.93. The van der Waals surface area contributed by atoms with Gasteiger partial charge in [0.1, 0.15) is 0 Å². The molecule has 0 radical (unpaired) electrons. The number of nitrogens with one attached hydrogen (secondary N) is 1. The molecule has 0 spiro atoms. The topological polar surface area (TPSA) is 29.1 Å². The molecule has 0 atom stereocenters. The van der Waals surface area contributed by atoms with Gasteiger partial charge in [-0.25, -0.2) is 0 Å². The van der Waals surface area contributed by atoms with E-state index in [0.717, 1.165) is 16.1 Å². The fourth-order valence-corrected chi connectivity index (χ4v) is 2.64. The summed E-state index contributed by atoms with van der Waals surface area (Å²) in [6.07, 6.45) is 0. The number of amides is 1. The standard InChI is InChI=1S/C16H17NOS/c1-11-4-7-14(8-5-11)19-16-9-6-12(2)10-15(16)17-13(3)18/h4-10H,1-3H3,(H,17,18). The predicted octanol–water partition coefficient (Wildman–Crippen LogP) is 4.41. The first-order valence-electron chi connectivity index (χ1n) is 6.17.